The zero-order valence-corrected chi connectivity index (χ0v) is 14.9. The van der Waals surface area contributed by atoms with Gasteiger partial charge >= 0.3 is 0 Å². The van der Waals surface area contributed by atoms with E-state index >= 15 is 0 Å². The molecule has 0 unspecified atom stereocenters. The summed E-state index contributed by atoms with van der Waals surface area (Å²) in [5, 5.41) is 24.8. The molecule has 0 aliphatic carbocycles. The zero-order chi connectivity index (χ0) is 19.7. The Kier molecular flexibility index (Phi) is 4.46. The second kappa shape index (κ2) is 7.09. The molecule has 1 N–H and O–H groups in total. The minimum atomic E-state index is -0.456. The van der Waals surface area contributed by atoms with Crippen molar-refractivity contribution in [2.45, 2.75) is 13.5 Å². The second-order valence-corrected chi connectivity index (χ2v) is 6.17. The number of imidazole rings is 1. The van der Waals surface area contributed by atoms with E-state index in [1.165, 1.54) is 12.1 Å². The molecule has 0 amide bonds. The van der Waals surface area contributed by atoms with Gasteiger partial charge in [-0.2, -0.15) is 0 Å². The van der Waals surface area contributed by atoms with Crippen LogP contribution in [0.4, 0.5) is 5.69 Å². The minimum Gasteiger partial charge on any atom is -0.388 e. The average molecular weight is 376 g/mol. The molecule has 2 heterocycles. The quantitative estimate of drug-likeness (QED) is 0.418. The largest absolute Gasteiger partial charge is 0.388 e. The van der Waals surface area contributed by atoms with Crippen LogP contribution < -0.4 is 0 Å². The number of benzene rings is 2. The lowest BCUT2D eigenvalue weighted by Gasteiger charge is -2.05. The first-order valence-electron chi connectivity index (χ1n) is 8.54. The van der Waals surface area contributed by atoms with Crippen molar-refractivity contribution in [1.29, 1.82) is 0 Å². The van der Waals surface area contributed by atoms with Crippen molar-refractivity contribution in [3.05, 3.63) is 82.5 Å². The van der Waals surface area contributed by atoms with Gasteiger partial charge in [0.25, 0.3) is 5.69 Å². The average Bonchev–Trinajstić information content (AvgIpc) is 3.32. The maximum absolute atomic E-state index is 10.9. The third-order valence-electron chi connectivity index (χ3n) is 4.43. The van der Waals surface area contributed by atoms with Crippen molar-refractivity contribution in [2.24, 2.45) is 0 Å². The predicted molar refractivity (Wildman–Crippen MR) is 102 cm³/mol. The van der Waals surface area contributed by atoms with Gasteiger partial charge in [-0.3, -0.25) is 10.1 Å². The molecular formula is C20H16N4O4. The molecule has 8 nitrogen and oxygen atoms in total. The molecule has 2 aromatic heterocycles. The predicted octanol–water partition coefficient (Wildman–Crippen LogP) is 3.90. The third-order valence-corrected chi connectivity index (χ3v) is 4.43. The van der Waals surface area contributed by atoms with Crippen molar-refractivity contribution in [3.8, 4) is 28.2 Å². The molecule has 28 heavy (non-hydrogen) atoms. The Balaban J connectivity index is 1.81. The van der Waals surface area contributed by atoms with Crippen molar-refractivity contribution < 1.29 is 14.6 Å². The third kappa shape index (κ3) is 3.06. The highest BCUT2D eigenvalue weighted by Gasteiger charge is 2.21. The van der Waals surface area contributed by atoms with Gasteiger partial charge in [-0.05, 0) is 19.1 Å². The molecule has 4 aromatic rings. The molecular weight excluding hydrogens is 360 g/mol. The van der Waals surface area contributed by atoms with E-state index in [4.69, 9.17) is 4.52 Å². The molecule has 8 heteroatoms. The number of nitro benzene ring substituents is 1. The molecule has 140 valence electrons. The van der Waals surface area contributed by atoms with Crippen LogP contribution in [0.25, 0.3) is 28.2 Å². The molecule has 0 fully saturated rings. The summed E-state index contributed by atoms with van der Waals surface area (Å²) in [5.41, 5.74) is 3.54. The summed E-state index contributed by atoms with van der Waals surface area (Å²) in [6.45, 7) is 1.51. The lowest BCUT2D eigenvalue weighted by molar-refractivity contribution is -0.384. The monoisotopic (exact) mass is 376 g/mol. The number of aliphatic hydroxyl groups is 1. The fourth-order valence-corrected chi connectivity index (χ4v) is 3.08. The number of hydrogen-bond acceptors (Lipinski definition) is 6. The van der Waals surface area contributed by atoms with E-state index in [0.29, 0.717) is 28.7 Å². The van der Waals surface area contributed by atoms with Gasteiger partial charge < -0.3 is 14.2 Å². The number of aliphatic hydroxyl groups excluding tert-OH is 1. The number of nitro groups is 1. The molecule has 0 atom stereocenters. The highest BCUT2D eigenvalue weighted by Crippen LogP contribution is 2.34. The van der Waals surface area contributed by atoms with E-state index in [1.807, 2.05) is 30.3 Å². The Hall–Kier alpha value is -3.78. The van der Waals surface area contributed by atoms with E-state index in [-0.39, 0.29) is 12.3 Å². The van der Waals surface area contributed by atoms with Crippen molar-refractivity contribution >= 4 is 5.69 Å². The van der Waals surface area contributed by atoms with Gasteiger partial charge in [0, 0.05) is 29.6 Å². The van der Waals surface area contributed by atoms with Crippen molar-refractivity contribution in [2.75, 3.05) is 0 Å². The van der Waals surface area contributed by atoms with Gasteiger partial charge in [-0.1, -0.05) is 35.5 Å². The Labute approximate surface area is 159 Å². The standard InChI is InChI=1S/C20H16N4O4/c1-13-19(20(22-28-13)14-5-3-2-4-6-14)17-11-23(18(12-25)21-17)15-7-9-16(10-8-15)24(26)27/h2-11,25H,12H2,1H3. The van der Waals surface area contributed by atoms with E-state index in [2.05, 4.69) is 10.1 Å². The van der Waals surface area contributed by atoms with E-state index in [0.717, 1.165) is 11.1 Å². The maximum atomic E-state index is 10.9. The number of non-ortho nitro benzene ring substituents is 1. The van der Waals surface area contributed by atoms with Gasteiger partial charge in [0.05, 0.1) is 16.2 Å². The molecule has 0 radical (unpaired) electrons. The fourth-order valence-electron chi connectivity index (χ4n) is 3.08. The van der Waals surface area contributed by atoms with Crippen LogP contribution in [0.5, 0.6) is 0 Å². The maximum Gasteiger partial charge on any atom is 0.269 e. The Bertz CT molecular complexity index is 1130. The van der Waals surface area contributed by atoms with Crippen LogP contribution >= 0.6 is 0 Å². The highest BCUT2D eigenvalue weighted by atomic mass is 16.6. The number of aromatic nitrogens is 3. The van der Waals surface area contributed by atoms with Crippen LogP contribution in [0.3, 0.4) is 0 Å². The first-order valence-corrected chi connectivity index (χ1v) is 8.54. The normalized spacial score (nSPS) is 10.9. The van der Waals surface area contributed by atoms with E-state index in [9.17, 15) is 15.2 Å². The van der Waals surface area contributed by atoms with Gasteiger partial charge in [-0.25, -0.2) is 4.98 Å². The topological polar surface area (TPSA) is 107 Å². The van der Waals surface area contributed by atoms with Crippen LogP contribution in [0.15, 0.2) is 65.3 Å². The number of rotatable bonds is 5. The molecule has 0 aliphatic rings. The summed E-state index contributed by atoms with van der Waals surface area (Å²) < 4.78 is 7.09. The SMILES string of the molecule is Cc1onc(-c2ccccc2)c1-c1cn(-c2ccc([N+](=O)[O-])cc2)c(CO)n1. The fraction of sp³-hybridized carbons (Fsp3) is 0.100. The lowest BCUT2D eigenvalue weighted by Crippen LogP contribution is -2.00. The molecule has 0 bridgehead atoms. The van der Waals surface area contributed by atoms with Crippen LogP contribution in [0, 0.1) is 17.0 Å². The molecule has 0 saturated carbocycles. The van der Waals surface area contributed by atoms with Crippen LogP contribution in [0.2, 0.25) is 0 Å². The second-order valence-electron chi connectivity index (χ2n) is 6.17. The Morgan fingerprint density at radius 1 is 1.14 bits per heavy atom. The minimum absolute atomic E-state index is 0.00381. The Morgan fingerprint density at radius 3 is 2.50 bits per heavy atom. The van der Waals surface area contributed by atoms with Crippen molar-refractivity contribution in [1.82, 2.24) is 14.7 Å². The first-order chi connectivity index (χ1) is 13.6. The van der Waals surface area contributed by atoms with E-state index in [1.54, 1.807) is 29.8 Å². The Morgan fingerprint density at radius 2 is 1.86 bits per heavy atom. The molecule has 0 saturated heterocycles. The summed E-state index contributed by atoms with van der Waals surface area (Å²) in [7, 11) is 0. The summed E-state index contributed by atoms with van der Waals surface area (Å²) in [6.07, 6.45) is 1.76. The molecule has 0 spiro atoms. The summed E-state index contributed by atoms with van der Waals surface area (Å²) in [6, 6.07) is 15.7. The lowest BCUT2D eigenvalue weighted by atomic mass is 10.0. The smallest absolute Gasteiger partial charge is 0.269 e. The van der Waals surface area contributed by atoms with Crippen LogP contribution in [-0.2, 0) is 6.61 Å². The van der Waals surface area contributed by atoms with Crippen LogP contribution in [-0.4, -0.2) is 24.7 Å². The highest BCUT2D eigenvalue weighted by molar-refractivity contribution is 5.80. The first kappa shape index (κ1) is 17.6. The van der Waals surface area contributed by atoms with Gasteiger partial charge in [0.2, 0.25) is 0 Å². The molecule has 4 rings (SSSR count). The van der Waals surface area contributed by atoms with Gasteiger partial charge in [-0.15, -0.1) is 0 Å². The number of nitrogens with zero attached hydrogens (tertiary/aromatic N) is 4. The van der Waals surface area contributed by atoms with Gasteiger partial charge in [0.1, 0.15) is 23.9 Å². The summed E-state index contributed by atoms with van der Waals surface area (Å²) in [5.74, 6) is 1.01. The zero-order valence-electron chi connectivity index (χ0n) is 14.9. The molecule has 0 aliphatic heterocycles. The number of hydrogen-bond donors (Lipinski definition) is 1. The van der Waals surface area contributed by atoms with E-state index < -0.39 is 4.92 Å². The number of aryl methyl sites for hydroxylation is 1. The molecule has 2 aromatic carbocycles. The summed E-state index contributed by atoms with van der Waals surface area (Å²) in [4.78, 5) is 14.9. The van der Waals surface area contributed by atoms with Gasteiger partial charge in [0.15, 0.2) is 0 Å². The summed E-state index contributed by atoms with van der Waals surface area (Å²) >= 11 is 0. The van der Waals surface area contributed by atoms with Crippen LogP contribution in [0.1, 0.15) is 11.6 Å². The van der Waals surface area contributed by atoms with Crippen molar-refractivity contribution in [3.63, 3.8) is 0 Å².